The molecule has 19 heavy (non-hydrogen) atoms. The van der Waals surface area contributed by atoms with Gasteiger partial charge in [-0.3, -0.25) is 4.79 Å². The van der Waals surface area contributed by atoms with Crippen LogP contribution in [0.4, 0.5) is 0 Å². The van der Waals surface area contributed by atoms with Gasteiger partial charge in [0.2, 0.25) is 5.91 Å². The number of carbonyl (C=O) groups is 1. The maximum absolute atomic E-state index is 12.8. The lowest BCUT2D eigenvalue weighted by Crippen LogP contribution is -2.52. The smallest absolute Gasteiger partial charge is 0.249 e. The van der Waals surface area contributed by atoms with E-state index in [1.54, 1.807) is 0 Å². The third-order valence-electron chi connectivity index (χ3n) is 5.87. The minimum atomic E-state index is 0.342. The largest absolute Gasteiger partial charge is 0.338 e. The Morgan fingerprint density at radius 3 is 2.37 bits per heavy atom. The van der Waals surface area contributed by atoms with Crippen LogP contribution in [0.3, 0.4) is 0 Å². The molecule has 4 rings (SSSR count). The molecule has 1 aliphatic heterocycles. The monoisotopic (exact) mass is 261 g/mol. The Labute approximate surface area is 117 Å². The van der Waals surface area contributed by atoms with E-state index >= 15 is 0 Å². The van der Waals surface area contributed by atoms with Crippen LogP contribution in [0.5, 0.6) is 0 Å². The highest BCUT2D eigenvalue weighted by molar-refractivity contribution is 5.94. The van der Waals surface area contributed by atoms with Crippen molar-refractivity contribution in [3.8, 4) is 0 Å². The summed E-state index contributed by atoms with van der Waals surface area (Å²) in [4.78, 5) is 14.9. The Balaban J connectivity index is 1.76. The molecule has 1 amide bonds. The Bertz CT molecular complexity index is 413. The van der Waals surface area contributed by atoms with Crippen LogP contribution in [0.15, 0.2) is 11.6 Å². The topological polar surface area (TPSA) is 20.3 Å². The van der Waals surface area contributed by atoms with Crippen LogP contribution in [0, 0.1) is 29.1 Å². The highest BCUT2D eigenvalue weighted by Gasteiger charge is 2.53. The Morgan fingerprint density at radius 1 is 1.21 bits per heavy atom. The van der Waals surface area contributed by atoms with Crippen molar-refractivity contribution in [3.63, 3.8) is 0 Å². The number of hydrogen-bond acceptors (Lipinski definition) is 1. The molecule has 0 aromatic heterocycles. The Morgan fingerprint density at radius 2 is 1.84 bits per heavy atom. The zero-order valence-corrected chi connectivity index (χ0v) is 12.8. The third kappa shape index (κ3) is 2.04. The summed E-state index contributed by atoms with van der Waals surface area (Å²) < 4.78 is 0. The summed E-state index contributed by atoms with van der Waals surface area (Å²) in [5, 5.41) is 0. The number of nitrogens with zero attached hydrogens (tertiary/aromatic N) is 1. The van der Waals surface area contributed by atoms with Crippen LogP contribution in [0.2, 0.25) is 0 Å². The van der Waals surface area contributed by atoms with E-state index in [1.165, 1.54) is 12.8 Å². The van der Waals surface area contributed by atoms with Crippen LogP contribution < -0.4 is 0 Å². The first-order valence-electron chi connectivity index (χ1n) is 7.89. The molecular weight excluding hydrogens is 234 g/mol. The second-order valence-corrected chi connectivity index (χ2v) is 7.86. The molecule has 2 nitrogen and oxygen atoms in total. The predicted octanol–water partition coefficient (Wildman–Crippen LogP) is 3.48. The van der Waals surface area contributed by atoms with E-state index in [-0.39, 0.29) is 0 Å². The van der Waals surface area contributed by atoms with Crippen LogP contribution in [0.25, 0.3) is 0 Å². The molecule has 0 aromatic carbocycles. The maximum atomic E-state index is 12.8. The van der Waals surface area contributed by atoms with Crippen LogP contribution >= 0.6 is 0 Å². The second-order valence-electron chi connectivity index (χ2n) is 7.86. The molecule has 0 N–H and O–H groups in total. The SMILES string of the molecule is CC1CC(C)CN(C(=O)C2=CC[C@@H]3C[C@H]2C3(C)C)C1. The predicted molar refractivity (Wildman–Crippen MR) is 77.6 cm³/mol. The summed E-state index contributed by atoms with van der Waals surface area (Å²) >= 11 is 0. The highest BCUT2D eigenvalue weighted by atomic mass is 16.2. The van der Waals surface area contributed by atoms with Gasteiger partial charge in [0, 0.05) is 18.7 Å². The van der Waals surface area contributed by atoms with Crippen molar-refractivity contribution in [2.45, 2.75) is 47.0 Å². The average molecular weight is 261 g/mol. The fourth-order valence-electron chi connectivity index (χ4n) is 4.60. The summed E-state index contributed by atoms with van der Waals surface area (Å²) in [6, 6.07) is 0. The van der Waals surface area contributed by atoms with E-state index < -0.39 is 0 Å². The van der Waals surface area contributed by atoms with E-state index in [0.29, 0.717) is 29.1 Å². The standard InChI is InChI=1S/C17H27NO/c1-11-7-12(2)10-18(9-11)16(19)14-6-5-13-8-15(14)17(13,3)4/h6,11-13,15H,5,7-10H2,1-4H3/t11?,12?,13-,15-/m1/s1. The summed E-state index contributed by atoms with van der Waals surface area (Å²) in [6.07, 6.45) is 5.86. The van der Waals surface area contributed by atoms with Gasteiger partial charge < -0.3 is 4.90 Å². The number of amides is 1. The van der Waals surface area contributed by atoms with Gasteiger partial charge in [0.1, 0.15) is 0 Å². The van der Waals surface area contributed by atoms with Gasteiger partial charge in [0.25, 0.3) is 0 Å². The number of piperidine rings is 1. The van der Waals surface area contributed by atoms with Crippen LogP contribution in [0.1, 0.15) is 47.0 Å². The minimum absolute atomic E-state index is 0.342. The van der Waals surface area contributed by atoms with E-state index in [4.69, 9.17) is 0 Å². The lowest BCUT2D eigenvalue weighted by Gasteiger charge is -2.56. The van der Waals surface area contributed by atoms with Gasteiger partial charge in [0.05, 0.1) is 0 Å². The van der Waals surface area contributed by atoms with E-state index in [9.17, 15) is 4.79 Å². The fourth-order valence-corrected chi connectivity index (χ4v) is 4.60. The van der Waals surface area contributed by atoms with Gasteiger partial charge >= 0.3 is 0 Å². The van der Waals surface area contributed by atoms with Crippen LogP contribution in [-0.4, -0.2) is 23.9 Å². The maximum Gasteiger partial charge on any atom is 0.249 e. The molecule has 0 aromatic rings. The van der Waals surface area contributed by atoms with Crippen molar-refractivity contribution in [1.82, 2.24) is 4.90 Å². The molecule has 2 heteroatoms. The van der Waals surface area contributed by atoms with Crippen LogP contribution in [-0.2, 0) is 4.79 Å². The lowest BCUT2D eigenvalue weighted by atomic mass is 9.48. The summed E-state index contributed by atoms with van der Waals surface area (Å²) in [5.74, 6) is 2.98. The number of fused-ring (bicyclic) bond motifs is 1. The van der Waals surface area contributed by atoms with E-state index in [2.05, 4.69) is 38.7 Å². The van der Waals surface area contributed by atoms with E-state index in [1.807, 2.05) is 0 Å². The van der Waals surface area contributed by atoms with Crippen molar-refractivity contribution < 1.29 is 4.79 Å². The number of likely N-dealkylation sites (tertiary alicyclic amines) is 1. The van der Waals surface area contributed by atoms with Crippen molar-refractivity contribution in [2.75, 3.05) is 13.1 Å². The number of rotatable bonds is 1. The fraction of sp³-hybridized carbons (Fsp3) is 0.824. The average Bonchev–Trinajstić information content (AvgIpc) is 2.36. The van der Waals surface area contributed by atoms with Gasteiger partial charge in [0.15, 0.2) is 0 Å². The molecule has 0 spiro atoms. The number of carbonyl (C=O) groups excluding carboxylic acids is 1. The van der Waals surface area contributed by atoms with Gasteiger partial charge in [-0.2, -0.15) is 0 Å². The number of allylic oxidation sites excluding steroid dienone is 1. The Hall–Kier alpha value is -0.790. The molecule has 4 aliphatic rings. The van der Waals surface area contributed by atoms with E-state index in [0.717, 1.165) is 31.0 Å². The first kappa shape index (κ1) is 13.2. The van der Waals surface area contributed by atoms with Gasteiger partial charge in [-0.15, -0.1) is 0 Å². The summed E-state index contributed by atoms with van der Waals surface area (Å²) in [6.45, 7) is 11.1. The van der Waals surface area contributed by atoms with Crippen molar-refractivity contribution in [2.24, 2.45) is 29.1 Å². The lowest BCUT2D eigenvalue weighted by molar-refractivity contribution is -0.133. The molecule has 1 heterocycles. The first-order chi connectivity index (χ1) is 8.89. The summed E-state index contributed by atoms with van der Waals surface area (Å²) in [7, 11) is 0. The molecule has 1 saturated heterocycles. The molecular formula is C17H27NO. The molecule has 1 saturated carbocycles. The molecule has 2 fully saturated rings. The quantitative estimate of drug-likeness (QED) is 0.707. The minimum Gasteiger partial charge on any atom is -0.338 e. The van der Waals surface area contributed by atoms with Crippen molar-refractivity contribution in [1.29, 1.82) is 0 Å². The molecule has 3 aliphatic carbocycles. The zero-order chi connectivity index (χ0) is 13.8. The highest BCUT2D eigenvalue weighted by Crippen LogP contribution is 2.59. The molecule has 0 radical (unpaired) electrons. The van der Waals surface area contributed by atoms with Gasteiger partial charge in [-0.05, 0) is 48.3 Å². The number of hydrogen-bond donors (Lipinski definition) is 0. The molecule has 106 valence electrons. The van der Waals surface area contributed by atoms with Crippen molar-refractivity contribution in [3.05, 3.63) is 11.6 Å². The summed E-state index contributed by atoms with van der Waals surface area (Å²) in [5.41, 5.74) is 1.49. The molecule has 2 unspecified atom stereocenters. The molecule has 4 atom stereocenters. The normalized spacial score (nSPS) is 40.4. The third-order valence-corrected chi connectivity index (χ3v) is 5.87. The zero-order valence-electron chi connectivity index (χ0n) is 12.8. The van der Waals surface area contributed by atoms with Gasteiger partial charge in [-0.1, -0.05) is 33.8 Å². The van der Waals surface area contributed by atoms with Crippen molar-refractivity contribution >= 4 is 5.91 Å². The van der Waals surface area contributed by atoms with Gasteiger partial charge in [-0.25, -0.2) is 0 Å². The Kier molecular flexibility index (Phi) is 3.03. The second kappa shape index (κ2) is 4.36. The first-order valence-corrected chi connectivity index (χ1v) is 7.89. The molecule has 2 bridgehead atoms.